The van der Waals surface area contributed by atoms with Crippen molar-refractivity contribution in [3.8, 4) is 0 Å². The molecule has 0 aliphatic carbocycles. The Morgan fingerprint density at radius 3 is 2.10 bits per heavy atom. The van der Waals surface area contributed by atoms with Gasteiger partial charge in [-0.1, -0.05) is 41.5 Å². The van der Waals surface area contributed by atoms with E-state index in [4.69, 9.17) is 14.9 Å². The summed E-state index contributed by atoms with van der Waals surface area (Å²) < 4.78 is 5.71. The number of rotatable bonds is 13. The highest BCUT2D eigenvalue weighted by Gasteiger charge is 2.26. The molecule has 2 N–H and O–H groups in total. The summed E-state index contributed by atoms with van der Waals surface area (Å²) in [6.45, 7) is 10.9. The predicted octanol–water partition coefficient (Wildman–Crippen LogP) is 5.98. The second kappa shape index (κ2) is 14.4. The van der Waals surface area contributed by atoms with Crippen molar-refractivity contribution in [3.63, 3.8) is 0 Å². The van der Waals surface area contributed by atoms with Crippen molar-refractivity contribution >= 4 is 5.97 Å². The van der Waals surface area contributed by atoms with E-state index in [2.05, 4.69) is 39.5 Å². The molecule has 1 aliphatic heterocycles. The topological polar surface area (TPSA) is 66.8 Å². The highest BCUT2D eigenvalue weighted by Crippen LogP contribution is 2.27. The second-order valence-electron chi connectivity index (χ2n) is 8.40. The molecule has 0 spiro atoms. The Morgan fingerprint density at radius 2 is 1.59 bits per heavy atom. The summed E-state index contributed by atoms with van der Waals surface area (Å²) in [6, 6.07) is 0. The molecule has 0 aromatic heterocycles. The van der Waals surface area contributed by atoms with Crippen molar-refractivity contribution in [2.45, 2.75) is 84.7 Å². The largest absolute Gasteiger partial charge is 0.478 e. The summed E-state index contributed by atoms with van der Waals surface area (Å²) in [7, 11) is 0. The highest BCUT2D eigenvalue weighted by atomic mass is 16.5. The number of aliphatic hydroxyl groups excluding tert-OH is 1. The Morgan fingerprint density at radius 1 is 1.00 bits per heavy atom. The minimum absolute atomic E-state index is 0.132. The first-order valence-electron chi connectivity index (χ1n) is 10.9. The SMILES string of the molecule is C=C(C(=O)O)C1CC[C@H](CCC/C(C)=C/CC/C(C)=C/CC/C(C)=C/CO)CO1. The van der Waals surface area contributed by atoms with Gasteiger partial charge in [0.25, 0.3) is 0 Å². The average molecular weight is 405 g/mol. The van der Waals surface area contributed by atoms with Crippen LogP contribution in [0.15, 0.2) is 47.1 Å². The number of carboxylic acid groups (broad SMARTS) is 1. The number of carboxylic acids is 1. The van der Waals surface area contributed by atoms with Gasteiger partial charge in [-0.25, -0.2) is 4.79 Å². The van der Waals surface area contributed by atoms with Crippen molar-refractivity contribution in [2.75, 3.05) is 13.2 Å². The molecule has 0 bridgehead atoms. The molecule has 0 aromatic carbocycles. The van der Waals surface area contributed by atoms with Gasteiger partial charge in [-0.2, -0.15) is 0 Å². The van der Waals surface area contributed by atoms with Gasteiger partial charge in [-0.15, -0.1) is 0 Å². The molecule has 1 saturated heterocycles. The molecule has 1 rings (SSSR count). The molecule has 1 unspecified atom stereocenters. The first kappa shape index (κ1) is 25.4. The molecule has 0 radical (unpaired) electrons. The van der Waals surface area contributed by atoms with Crippen LogP contribution in [0.4, 0.5) is 0 Å². The molecule has 0 amide bonds. The van der Waals surface area contributed by atoms with Gasteiger partial charge in [0, 0.05) is 0 Å². The average Bonchev–Trinajstić information content (AvgIpc) is 2.68. The number of aliphatic hydroxyl groups is 1. The molecule has 4 nitrogen and oxygen atoms in total. The van der Waals surface area contributed by atoms with Crippen LogP contribution in [-0.4, -0.2) is 35.5 Å². The third-order valence-corrected chi connectivity index (χ3v) is 5.72. The molecule has 164 valence electrons. The van der Waals surface area contributed by atoms with Crippen LogP contribution >= 0.6 is 0 Å². The fourth-order valence-corrected chi connectivity index (χ4v) is 3.67. The summed E-state index contributed by atoms with van der Waals surface area (Å²) in [5, 5.41) is 17.9. The minimum atomic E-state index is -0.951. The number of aliphatic carboxylic acids is 1. The summed E-state index contributed by atoms with van der Waals surface area (Å²) in [6.07, 6.45) is 15.7. The zero-order valence-corrected chi connectivity index (χ0v) is 18.6. The Balaban J connectivity index is 2.18. The van der Waals surface area contributed by atoms with Gasteiger partial charge in [-0.3, -0.25) is 0 Å². The summed E-state index contributed by atoms with van der Waals surface area (Å²) >= 11 is 0. The molecular weight excluding hydrogens is 364 g/mol. The van der Waals surface area contributed by atoms with Gasteiger partial charge in [-0.05, 0) is 84.5 Å². The molecule has 29 heavy (non-hydrogen) atoms. The van der Waals surface area contributed by atoms with Crippen LogP contribution in [0.25, 0.3) is 0 Å². The Hall–Kier alpha value is -1.65. The van der Waals surface area contributed by atoms with Crippen molar-refractivity contribution in [3.05, 3.63) is 47.1 Å². The number of carbonyl (C=O) groups is 1. The van der Waals surface area contributed by atoms with Gasteiger partial charge in [0.05, 0.1) is 24.9 Å². The zero-order valence-electron chi connectivity index (χ0n) is 18.6. The Labute approximate surface area is 177 Å². The predicted molar refractivity (Wildman–Crippen MR) is 120 cm³/mol. The van der Waals surface area contributed by atoms with Crippen molar-refractivity contribution < 1.29 is 19.7 Å². The first-order valence-corrected chi connectivity index (χ1v) is 10.9. The fourth-order valence-electron chi connectivity index (χ4n) is 3.67. The third-order valence-electron chi connectivity index (χ3n) is 5.72. The number of allylic oxidation sites excluding steroid dienone is 5. The highest BCUT2D eigenvalue weighted by molar-refractivity contribution is 5.86. The number of hydrogen-bond donors (Lipinski definition) is 2. The van der Waals surface area contributed by atoms with E-state index in [9.17, 15) is 4.79 Å². The maximum atomic E-state index is 11.0. The minimum Gasteiger partial charge on any atom is -0.478 e. The van der Waals surface area contributed by atoms with Crippen LogP contribution < -0.4 is 0 Å². The van der Waals surface area contributed by atoms with Crippen molar-refractivity contribution in [2.24, 2.45) is 5.92 Å². The smallest absolute Gasteiger partial charge is 0.333 e. The standard InChI is InChI=1S/C25H40O4/c1-19(10-6-11-21(3)16-17-26)8-5-9-20(2)12-7-13-23-14-15-24(29-18-23)22(4)25(27)28/h9-10,16,23-24,26H,4-8,11-15,17-18H2,1-3H3,(H,27,28)/b19-10+,20-9+,21-16+/t23-,24?/m0/s1. The quantitative estimate of drug-likeness (QED) is 0.292. The van der Waals surface area contributed by atoms with Gasteiger partial charge >= 0.3 is 5.97 Å². The van der Waals surface area contributed by atoms with Gasteiger partial charge in [0.1, 0.15) is 0 Å². The van der Waals surface area contributed by atoms with Crippen LogP contribution in [0, 0.1) is 5.92 Å². The van der Waals surface area contributed by atoms with Crippen LogP contribution in [0.1, 0.15) is 78.6 Å². The van der Waals surface area contributed by atoms with Crippen molar-refractivity contribution in [1.29, 1.82) is 0 Å². The van der Waals surface area contributed by atoms with Gasteiger partial charge in [0.2, 0.25) is 0 Å². The number of ether oxygens (including phenoxy) is 1. The maximum absolute atomic E-state index is 11.0. The van der Waals surface area contributed by atoms with E-state index in [1.165, 1.54) is 16.7 Å². The second-order valence-corrected chi connectivity index (χ2v) is 8.40. The normalized spacial score (nSPS) is 21.3. The van der Waals surface area contributed by atoms with E-state index >= 15 is 0 Å². The molecule has 4 heteroatoms. The molecule has 0 aromatic rings. The molecule has 2 atom stereocenters. The monoisotopic (exact) mass is 404 g/mol. The Bertz CT molecular complexity index is 604. The van der Waals surface area contributed by atoms with Gasteiger partial charge in [0.15, 0.2) is 0 Å². The van der Waals surface area contributed by atoms with Crippen LogP contribution in [0.3, 0.4) is 0 Å². The van der Waals surface area contributed by atoms with Crippen molar-refractivity contribution in [1.82, 2.24) is 0 Å². The lowest BCUT2D eigenvalue weighted by Crippen LogP contribution is -2.29. The van der Waals surface area contributed by atoms with Crippen LogP contribution in [-0.2, 0) is 9.53 Å². The molecule has 1 fully saturated rings. The van der Waals surface area contributed by atoms with E-state index < -0.39 is 5.97 Å². The van der Waals surface area contributed by atoms with Crippen LogP contribution in [0.2, 0.25) is 0 Å². The summed E-state index contributed by atoms with van der Waals surface area (Å²) in [5.74, 6) is -0.415. The fraction of sp³-hybridized carbons (Fsp3) is 0.640. The number of hydrogen-bond acceptors (Lipinski definition) is 3. The summed E-state index contributed by atoms with van der Waals surface area (Å²) in [5.41, 5.74) is 4.32. The van der Waals surface area contributed by atoms with E-state index in [-0.39, 0.29) is 18.3 Å². The van der Waals surface area contributed by atoms with E-state index in [0.29, 0.717) is 12.5 Å². The first-order chi connectivity index (χ1) is 13.8. The molecular formula is C25H40O4. The van der Waals surface area contributed by atoms with Gasteiger partial charge < -0.3 is 14.9 Å². The lowest BCUT2D eigenvalue weighted by molar-refractivity contribution is -0.135. The Kier molecular flexibility index (Phi) is 12.6. The molecule has 1 heterocycles. The zero-order chi connectivity index (χ0) is 21.6. The van der Waals surface area contributed by atoms with E-state index in [1.54, 1.807) is 0 Å². The lowest BCUT2D eigenvalue weighted by atomic mass is 9.90. The molecule has 0 saturated carbocycles. The van der Waals surface area contributed by atoms with E-state index in [1.807, 2.05) is 6.08 Å². The van der Waals surface area contributed by atoms with Crippen LogP contribution in [0.5, 0.6) is 0 Å². The third kappa shape index (κ3) is 11.2. The maximum Gasteiger partial charge on any atom is 0.333 e. The lowest BCUT2D eigenvalue weighted by Gasteiger charge is -2.29. The van der Waals surface area contributed by atoms with E-state index in [0.717, 1.165) is 57.8 Å². The molecule has 1 aliphatic rings. The summed E-state index contributed by atoms with van der Waals surface area (Å²) in [4.78, 5) is 11.0.